The van der Waals surface area contributed by atoms with Crippen LogP contribution in [0.5, 0.6) is 0 Å². The maximum atomic E-state index is 10.4. The fraction of sp³-hybridized carbons (Fsp3) is 0.750. The molecule has 1 aliphatic rings. The molecule has 10 heavy (non-hydrogen) atoms. The van der Waals surface area contributed by atoms with Gasteiger partial charge in [-0.3, -0.25) is 4.79 Å². The number of carbonyl (C=O) groups excluding carboxylic acids is 1. The molecule has 0 spiro atoms. The smallest absolute Gasteiger partial charge is 0.221 e. The molecule has 1 fully saturated rings. The van der Waals surface area contributed by atoms with Gasteiger partial charge in [-0.15, -0.1) is 0 Å². The Balaban J connectivity index is 2.19. The van der Waals surface area contributed by atoms with E-state index < -0.39 is 0 Å². The minimum Gasteiger partial charge on any atom is -0.369 e. The lowest BCUT2D eigenvalue weighted by Gasteiger charge is -2.19. The molecule has 0 saturated heterocycles. The van der Waals surface area contributed by atoms with Gasteiger partial charge in [-0.05, 0) is 18.8 Å². The first-order valence-electron chi connectivity index (χ1n) is 3.93. The number of primary amides is 1. The second-order valence-corrected chi connectivity index (χ2v) is 2.97. The molecule has 1 rings (SSSR count). The minimum atomic E-state index is -0.257. The zero-order valence-corrected chi connectivity index (χ0v) is 6.18. The molecule has 2 heteroatoms. The van der Waals surface area contributed by atoms with E-state index in [9.17, 15) is 4.79 Å². The summed E-state index contributed by atoms with van der Waals surface area (Å²) in [6.07, 6.45) is 7.82. The summed E-state index contributed by atoms with van der Waals surface area (Å²) >= 11 is 0. The van der Waals surface area contributed by atoms with Gasteiger partial charge in [-0.2, -0.15) is 0 Å². The third-order valence-electron chi connectivity index (χ3n) is 2.05. The normalized spacial score (nSPS) is 20.8. The van der Waals surface area contributed by atoms with Gasteiger partial charge in [0.25, 0.3) is 0 Å². The van der Waals surface area contributed by atoms with E-state index in [-0.39, 0.29) is 5.91 Å². The second kappa shape index (κ2) is 3.59. The lowest BCUT2D eigenvalue weighted by atomic mass is 9.87. The van der Waals surface area contributed by atoms with Crippen LogP contribution in [0.4, 0.5) is 0 Å². The van der Waals surface area contributed by atoms with Gasteiger partial charge in [0.05, 0.1) is 6.42 Å². The van der Waals surface area contributed by atoms with Crippen LogP contribution < -0.4 is 5.73 Å². The first-order chi connectivity index (χ1) is 4.79. The Morgan fingerprint density at radius 2 is 1.90 bits per heavy atom. The van der Waals surface area contributed by atoms with Gasteiger partial charge in [0, 0.05) is 0 Å². The Morgan fingerprint density at radius 3 is 2.40 bits per heavy atom. The fourth-order valence-corrected chi connectivity index (χ4v) is 1.53. The molecular weight excluding hydrogens is 126 g/mol. The Hall–Kier alpha value is -0.530. The van der Waals surface area contributed by atoms with Crippen molar-refractivity contribution in [3.8, 4) is 0 Å². The Morgan fingerprint density at radius 1 is 1.30 bits per heavy atom. The van der Waals surface area contributed by atoms with Crippen LogP contribution in [-0.2, 0) is 4.79 Å². The molecule has 0 unspecified atom stereocenters. The molecule has 0 bridgehead atoms. The lowest BCUT2D eigenvalue weighted by Crippen LogP contribution is -2.19. The molecular formula is C8H14NO. The van der Waals surface area contributed by atoms with Crippen molar-refractivity contribution >= 4 is 5.91 Å². The molecule has 1 aliphatic carbocycles. The molecule has 2 nitrogen and oxygen atoms in total. The van der Waals surface area contributed by atoms with E-state index in [1.54, 1.807) is 6.42 Å². The van der Waals surface area contributed by atoms with Gasteiger partial charge < -0.3 is 5.73 Å². The molecule has 1 radical (unpaired) electrons. The van der Waals surface area contributed by atoms with Crippen LogP contribution in [-0.4, -0.2) is 5.91 Å². The predicted octanol–water partition coefficient (Wildman–Crippen LogP) is 1.26. The molecule has 0 atom stereocenters. The van der Waals surface area contributed by atoms with Gasteiger partial charge in [-0.25, -0.2) is 0 Å². The zero-order valence-electron chi connectivity index (χ0n) is 6.18. The highest BCUT2D eigenvalue weighted by Crippen LogP contribution is 2.25. The van der Waals surface area contributed by atoms with Crippen LogP contribution in [0.15, 0.2) is 0 Å². The predicted molar refractivity (Wildman–Crippen MR) is 40.1 cm³/mol. The van der Waals surface area contributed by atoms with Crippen molar-refractivity contribution < 1.29 is 4.79 Å². The standard InChI is InChI=1S/C8H14NO/c9-8(10)6-7-4-2-1-3-5-7/h6-7H,1-5H2,(H2,9,10). The largest absolute Gasteiger partial charge is 0.369 e. The summed E-state index contributed by atoms with van der Waals surface area (Å²) in [7, 11) is 0. The maximum Gasteiger partial charge on any atom is 0.221 e. The average molecular weight is 140 g/mol. The summed E-state index contributed by atoms with van der Waals surface area (Å²) in [5.41, 5.74) is 5.03. The van der Waals surface area contributed by atoms with Crippen molar-refractivity contribution in [3.63, 3.8) is 0 Å². The van der Waals surface area contributed by atoms with Crippen LogP contribution >= 0.6 is 0 Å². The summed E-state index contributed by atoms with van der Waals surface area (Å²) in [6.45, 7) is 0. The van der Waals surface area contributed by atoms with Crippen molar-refractivity contribution in [1.82, 2.24) is 0 Å². The number of hydrogen-bond acceptors (Lipinski definition) is 1. The highest BCUT2D eigenvalue weighted by atomic mass is 16.1. The molecule has 2 N–H and O–H groups in total. The van der Waals surface area contributed by atoms with Crippen molar-refractivity contribution in [2.75, 3.05) is 0 Å². The summed E-state index contributed by atoms with van der Waals surface area (Å²) in [5.74, 6) is 0.221. The highest BCUT2D eigenvalue weighted by Gasteiger charge is 2.15. The van der Waals surface area contributed by atoms with E-state index in [1.807, 2.05) is 0 Å². The van der Waals surface area contributed by atoms with E-state index >= 15 is 0 Å². The molecule has 57 valence electrons. The van der Waals surface area contributed by atoms with Crippen molar-refractivity contribution in [2.45, 2.75) is 32.1 Å². The SMILES string of the molecule is NC(=O)[CH]C1CCCCC1. The van der Waals surface area contributed by atoms with Gasteiger partial charge in [-0.1, -0.05) is 19.3 Å². The first kappa shape index (κ1) is 7.58. The van der Waals surface area contributed by atoms with E-state index in [2.05, 4.69) is 0 Å². The number of nitrogens with two attached hydrogens (primary N) is 1. The summed E-state index contributed by atoms with van der Waals surface area (Å²) in [4.78, 5) is 10.4. The molecule has 1 amide bonds. The first-order valence-corrected chi connectivity index (χ1v) is 3.93. The molecule has 1 saturated carbocycles. The van der Waals surface area contributed by atoms with Crippen LogP contribution in [0.2, 0.25) is 0 Å². The van der Waals surface area contributed by atoms with E-state index in [1.165, 1.54) is 19.3 Å². The third kappa shape index (κ3) is 2.38. The van der Waals surface area contributed by atoms with E-state index in [4.69, 9.17) is 5.73 Å². The number of hydrogen-bond donors (Lipinski definition) is 1. The topological polar surface area (TPSA) is 43.1 Å². The Kier molecular flexibility index (Phi) is 2.72. The summed E-state index contributed by atoms with van der Waals surface area (Å²) in [5, 5.41) is 0. The van der Waals surface area contributed by atoms with Crippen LogP contribution in [0.1, 0.15) is 32.1 Å². The van der Waals surface area contributed by atoms with Gasteiger partial charge in [0.15, 0.2) is 0 Å². The fourth-order valence-electron chi connectivity index (χ4n) is 1.53. The lowest BCUT2D eigenvalue weighted by molar-refractivity contribution is -0.115. The third-order valence-corrected chi connectivity index (χ3v) is 2.05. The minimum absolute atomic E-state index is 0.257. The van der Waals surface area contributed by atoms with E-state index in [0.29, 0.717) is 5.92 Å². The molecule has 0 heterocycles. The van der Waals surface area contributed by atoms with Crippen molar-refractivity contribution in [1.29, 1.82) is 0 Å². The number of carbonyl (C=O) groups is 1. The quantitative estimate of drug-likeness (QED) is 0.616. The Labute approximate surface area is 61.8 Å². The monoisotopic (exact) mass is 140 g/mol. The average Bonchev–Trinajstić information content (AvgIpc) is 1.88. The Bertz CT molecular complexity index is 116. The number of rotatable bonds is 2. The second-order valence-electron chi connectivity index (χ2n) is 2.97. The molecule has 0 aromatic rings. The zero-order chi connectivity index (χ0) is 7.40. The van der Waals surface area contributed by atoms with Crippen LogP contribution in [0, 0.1) is 12.3 Å². The summed E-state index contributed by atoms with van der Waals surface area (Å²) in [6, 6.07) is 0. The van der Waals surface area contributed by atoms with Crippen LogP contribution in [0.25, 0.3) is 0 Å². The highest BCUT2D eigenvalue weighted by molar-refractivity contribution is 5.83. The molecule has 0 aromatic carbocycles. The van der Waals surface area contributed by atoms with Crippen molar-refractivity contribution in [3.05, 3.63) is 6.42 Å². The van der Waals surface area contributed by atoms with Crippen molar-refractivity contribution in [2.24, 2.45) is 11.7 Å². The molecule has 0 aliphatic heterocycles. The summed E-state index contributed by atoms with van der Waals surface area (Å²) < 4.78 is 0. The van der Waals surface area contributed by atoms with Crippen LogP contribution in [0.3, 0.4) is 0 Å². The van der Waals surface area contributed by atoms with Gasteiger partial charge in [0.2, 0.25) is 5.91 Å². The maximum absolute atomic E-state index is 10.4. The number of amides is 1. The molecule has 0 aromatic heterocycles. The van der Waals surface area contributed by atoms with Gasteiger partial charge in [0.1, 0.15) is 0 Å². The van der Waals surface area contributed by atoms with Gasteiger partial charge >= 0.3 is 0 Å². The van der Waals surface area contributed by atoms with E-state index in [0.717, 1.165) is 12.8 Å².